The van der Waals surface area contributed by atoms with Gasteiger partial charge in [0.05, 0.1) is 13.2 Å². The number of carbonyl (C=O) groups excluding carboxylic acids is 1. The molecule has 0 aromatic heterocycles. The summed E-state index contributed by atoms with van der Waals surface area (Å²) in [4.78, 5) is 14.4. The molecule has 6 nitrogen and oxygen atoms in total. The maximum absolute atomic E-state index is 14.0. The summed E-state index contributed by atoms with van der Waals surface area (Å²) in [6.45, 7) is 3.98. The van der Waals surface area contributed by atoms with Crippen molar-refractivity contribution in [2.75, 3.05) is 39.0 Å². The Morgan fingerprint density at radius 2 is 1.67 bits per heavy atom. The normalized spacial score (nSPS) is 10.8. The molecule has 0 spiro atoms. The maximum atomic E-state index is 14.0. The Morgan fingerprint density at radius 1 is 0.970 bits per heavy atom. The second kappa shape index (κ2) is 15.2. The van der Waals surface area contributed by atoms with Gasteiger partial charge < -0.3 is 24.4 Å². The number of hydrogen-bond donors (Lipinski definition) is 1. The van der Waals surface area contributed by atoms with Crippen molar-refractivity contribution in [1.29, 1.82) is 0 Å². The third-order valence-corrected chi connectivity index (χ3v) is 5.05. The number of halogens is 2. The summed E-state index contributed by atoms with van der Waals surface area (Å²) in [6, 6.07) is 10.2. The summed E-state index contributed by atoms with van der Waals surface area (Å²) >= 11 is 0. The number of methoxy groups -OCH3 is 1. The molecule has 2 rings (SSSR count). The number of rotatable bonds is 15. The fourth-order valence-electron chi connectivity index (χ4n) is 3.18. The summed E-state index contributed by atoms with van der Waals surface area (Å²) in [5.74, 6) is -0.971. The molecule has 0 bridgehead atoms. The fourth-order valence-corrected chi connectivity index (χ4v) is 3.18. The SMILES string of the molecule is CCCCCCCN(Cc1ccc(OCOCCOC)cc1)C(=O)Nc1c(F)cccc1F. The van der Waals surface area contributed by atoms with Crippen molar-refractivity contribution in [1.82, 2.24) is 4.90 Å². The van der Waals surface area contributed by atoms with Crippen LogP contribution in [0.25, 0.3) is 0 Å². The van der Waals surface area contributed by atoms with E-state index in [0.29, 0.717) is 32.1 Å². The zero-order valence-electron chi connectivity index (χ0n) is 19.4. The van der Waals surface area contributed by atoms with Gasteiger partial charge in [0, 0.05) is 20.2 Å². The van der Waals surface area contributed by atoms with E-state index in [9.17, 15) is 13.6 Å². The van der Waals surface area contributed by atoms with Crippen LogP contribution in [0.1, 0.15) is 44.6 Å². The lowest BCUT2D eigenvalue weighted by Gasteiger charge is -2.24. The maximum Gasteiger partial charge on any atom is 0.322 e. The Labute approximate surface area is 194 Å². The second-order valence-electron chi connectivity index (χ2n) is 7.67. The molecule has 182 valence electrons. The molecule has 2 aromatic rings. The number of benzene rings is 2. The Balaban J connectivity index is 1.98. The van der Waals surface area contributed by atoms with Crippen LogP contribution in [0.5, 0.6) is 5.75 Å². The fraction of sp³-hybridized carbons (Fsp3) is 0.480. The predicted octanol–water partition coefficient (Wildman–Crippen LogP) is 5.97. The summed E-state index contributed by atoms with van der Waals surface area (Å²) in [7, 11) is 1.60. The van der Waals surface area contributed by atoms with Crippen molar-refractivity contribution in [3.8, 4) is 5.75 Å². The average Bonchev–Trinajstić information content (AvgIpc) is 2.81. The Morgan fingerprint density at radius 3 is 2.33 bits per heavy atom. The van der Waals surface area contributed by atoms with E-state index >= 15 is 0 Å². The number of anilines is 1. The van der Waals surface area contributed by atoms with Crippen LogP contribution in [0.3, 0.4) is 0 Å². The summed E-state index contributed by atoms with van der Waals surface area (Å²) < 4.78 is 43.7. The van der Waals surface area contributed by atoms with Crippen LogP contribution in [0.2, 0.25) is 0 Å². The van der Waals surface area contributed by atoms with E-state index in [1.54, 1.807) is 24.1 Å². The molecule has 2 aromatic carbocycles. The highest BCUT2D eigenvalue weighted by atomic mass is 19.1. The van der Waals surface area contributed by atoms with Crippen molar-refractivity contribution in [2.24, 2.45) is 0 Å². The predicted molar refractivity (Wildman–Crippen MR) is 124 cm³/mol. The van der Waals surface area contributed by atoms with E-state index in [0.717, 1.165) is 49.8 Å². The van der Waals surface area contributed by atoms with Crippen LogP contribution in [-0.2, 0) is 16.0 Å². The molecule has 2 amide bonds. The molecule has 33 heavy (non-hydrogen) atoms. The number of ether oxygens (including phenoxy) is 3. The van der Waals surface area contributed by atoms with Gasteiger partial charge in [-0.15, -0.1) is 0 Å². The van der Waals surface area contributed by atoms with Crippen LogP contribution >= 0.6 is 0 Å². The van der Waals surface area contributed by atoms with E-state index in [1.807, 2.05) is 12.1 Å². The zero-order chi connectivity index (χ0) is 23.9. The zero-order valence-corrected chi connectivity index (χ0v) is 19.4. The number of amides is 2. The Hall–Kier alpha value is -2.71. The van der Waals surface area contributed by atoms with Gasteiger partial charge in [-0.25, -0.2) is 13.6 Å². The van der Waals surface area contributed by atoms with Crippen LogP contribution < -0.4 is 10.1 Å². The number of nitrogens with zero attached hydrogens (tertiary/aromatic N) is 1. The molecule has 0 atom stereocenters. The highest BCUT2D eigenvalue weighted by Gasteiger charge is 2.18. The lowest BCUT2D eigenvalue weighted by atomic mass is 10.1. The van der Waals surface area contributed by atoms with E-state index in [1.165, 1.54) is 6.07 Å². The standard InChI is InChI=1S/C25H34F2N2O4/c1-3-4-5-6-7-15-29(25(30)28-24-22(26)9-8-10-23(24)27)18-20-11-13-21(14-12-20)33-19-32-17-16-31-2/h8-14H,3-7,15-19H2,1-2H3,(H,28,30). The van der Waals surface area contributed by atoms with Crippen molar-refractivity contribution >= 4 is 11.7 Å². The van der Waals surface area contributed by atoms with E-state index in [2.05, 4.69) is 12.2 Å². The van der Waals surface area contributed by atoms with Crippen LogP contribution in [0, 0.1) is 11.6 Å². The molecule has 0 fully saturated rings. The van der Waals surface area contributed by atoms with E-state index in [4.69, 9.17) is 14.2 Å². The van der Waals surface area contributed by atoms with Crippen molar-refractivity contribution in [2.45, 2.75) is 45.6 Å². The van der Waals surface area contributed by atoms with Crippen LogP contribution in [-0.4, -0.2) is 44.6 Å². The monoisotopic (exact) mass is 464 g/mol. The number of hydrogen-bond acceptors (Lipinski definition) is 4. The Kier molecular flexibility index (Phi) is 12.2. The minimum absolute atomic E-state index is 0.114. The molecule has 0 aliphatic carbocycles. The third kappa shape index (κ3) is 9.75. The van der Waals surface area contributed by atoms with Gasteiger partial charge >= 0.3 is 6.03 Å². The molecule has 0 heterocycles. The number of unbranched alkanes of at least 4 members (excludes halogenated alkanes) is 4. The minimum atomic E-state index is -0.805. The molecule has 0 saturated carbocycles. The lowest BCUT2D eigenvalue weighted by Crippen LogP contribution is -2.35. The first-order valence-electron chi connectivity index (χ1n) is 11.3. The molecule has 1 N–H and O–H groups in total. The van der Waals surface area contributed by atoms with Crippen molar-refractivity contribution < 1.29 is 27.8 Å². The third-order valence-electron chi connectivity index (χ3n) is 5.05. The first-order chi connectivity index (χ1) is 16.0. The largest absolute Gasteiger partial charge is 0.468 e. The first-order valence-corrected chi connectivity index (χ1v) is 11.3. The highest BCUT2D eigenvalue weighted by Crippen LogP contribution is 2.20. The lowest BCUT2D eigenvalue weighted by molar-refractivity contribution is -0.00847. The van der Waals surface area contributed by atoms with E-state index < -0.39 is 23.4 Å². The van der Waals surface area contributed by atoms with Gasteiger partial charge in [-0.3, -0.25) is 0 Å². The van der Waals surface area contributed by atoms with Gasteiger partial charge in [0.1, 0.15) is 23.1 Å². The molecule has 8 heteroatoms. The highest BCUT2D eigenvalue weighted by molar-refractivity contribution is 5.89. The quantitative estimate of drug-likeness (QED) is 0.261. The number of urea groups is 1. The average molecular weight is 465 g/mol. The first kappa shape index (κ1) is 26.5. The minimum Gasteiger partial charge on any atom is -0.468 e. The van der Waals surface area contributed by atoms with Gasteiger partial charge in [0.25, 0.3) is 0 Å². The van der Waals surface area contributed by atoms with Gasteiger partial charge in [-0.2, -0.15) is 0 Å². The van der Waals surface area contributed by atoms with Gasteiger partial charge in [0.15, 0.2) is 6.79 Å². The molecule has 0 saturated heterocycles. The molecule has 0 unspecified atom stereocenters. The summed E-state index contributed by atoms with van der Waals surface area (Å²) in [6.07, 6.45) is 5.16. The molecule has 0 aliphatic rings. The number of carbonyl (C=O) groups is 1. The van der Waals surface area contributed by atoms with E-state index in [-0.39, 0.29) is 6.79 Å². The smallest absolute Gasteiger partial charge is 0.322 e. The summed E-state index contributed by atoms with van der Waals surface area (Å²) in [5.41, 5.74) is 0.441. The number of para-hydroxylation sites is 1. The van der Waals surface area contributed by atoms with Crippen LogP contribution in [0.15, 0.2) is 42.5 Å². The molecular weight excluding hydrogens is 430 g/mol. The molecular formula is C25H34F2N2O4. The van der Waals surface area contributed by atoms with Gasteiger partial charge in [-0.1, -0.05) is 50.8 Å². The van der Waals surface area contributed by atoms with Crippen LogP contribution in [0.4, 0.5) is 19.3 Å². The summed E-state index contributed by atoms with van der Waals surface area (Å²) in [5, 5.41) is 2.39. The Bertz CT molecular complexity index is 813. The molecule has 0 radical (unpaired) electrons. The second-order valence-corrected chi connectivity index (χ2v) is 7.67. The van der Waals surface area contributed by atoms with Crippen molar-refractivity contribution in [3.63, 3.8) is 0 Å². The topological polar surface area (TPSA) is 60.0 Å². The molecule has 0 aliphatic heterocycles. The van der Waals surface area contributed by atoms with Gasteiger partial charge in [-0.05, 0) is 36.2 Å². The van der Waals surface area contributed by atoms with Gasteiger partial charge in [0.2, 0.25) is 0 Å². The number of nitrogens with one attached hydrogen (secondary N) is 1. The van der Waals surface area contributed by atoms with Crippen molar-refractivity contribution in [3.05, 3.63) is 59.7 Å².